The first-order valence-electron chi connectivity index (χ1n) is 6.48. The van der Waals surface area contributed by atoms with Crippen molar-refractivity contribution in [3.05, 3.63) is 34.7 Å². The largest absolute Gasteiger partial charge is 0.370 e. The van der Waals surface area contributed by atoms with Gasteiger partial charge in [0.2, 0.25) is 0 Å². The lowest BCUT2D eigenvalue weighted by Crippen LogP contribution is -2.42. The van der Waals surface area contributed by atoms with Crippen LogP contribution in [0.4, 0.5) is 0 Å². The van der Waals surface area contributed by atoms with Gasteiger partial charge >= 0.3 is 0 Å². The number of imidazole rings is 1. The van der Waals surface area contributed by atoms with Crippen LogP contribution in [0.15, 0.2) is 34.0 Å². The van der Waals surface area contributed by atoms with E-state index >= 15 is 0 Å². The van der Waals surface area contributed by atoms with Crippen molar-refractivity contribution in [2.75, 3.05) is 24.6 Å². The van der Waals surface area contributed by atoms with Crippen LogP contribution >= 0.6 is 27.7 Å². The highest BCUT2D eigenvalue weighted by molar-refractivity contribution is 9.10. The summed E-state index contributed by atoms with van der Waals surface area (Å²) in [6, 6.07) is 3.96. The highest BCUT2D eigenvalue weighted by Gasteiger charge is 2.12. The molecule has 7 heteroatoms. The minimum Gasteiger partial charge on any atom is -0.370 e. The van der Waals surface area contributed by atoms with Gasteiger partial charge in [0.1, 0.15) is 5.65 Å². The predicted molar refractivity (Wildman–Crippen MR) is 87.1 cm³/mol. The molecule has 0 unspecified atom stereocenters. The molecule has 3 heterocycles. The number of halogens is 1. The maximum atomic E-state index is 6.04. The molecule has 2 N–H and O–H groups in total. The smallest absolute Gasteiger partial charge is 0.191 e. The average Bonchev–Trinajstić information content (AvgIpc) is 2.87. The Kier molecular flexibility index (Phi) is 4.16. The Hall–Kier alpha value is -1.21. The average molecular weight is 354 g/mol. The highest BCUT2D eigenvalue weighted by atomic mass is 79.9. The van der Waals surface area contributed by atoms with E-state index in [1.807, 2.05) is 40.7 Å². The van der Waals surface area contributed by atoms with Crippen molar-refractivity contribution in [1.82, 2.24) is 14.3 Å². The first-order valence-corrected chi connectivity index (χ1v) is 8.43. The summed E-state index contributed by atoms with van der Waals surface area (Å²) in [4.78, 5) is 11.1. The SMILES string of the molecule is NC(=NCc1cn2cc(Br)ccc2n1)N1CCSCC1. The molecule has 1 fully saturated rings. The second-order valence-electron chi connectivity index (χ2n) is 4.62. The molecule has 1 saturated heterocycles. The molecule has 20 heavy (non-hydrogen) atoms. The van der Waals surface area contributed by atoms with Gasteiger partial charge in [-0.15, -0.1) is 0 Å². The standard InChI is InChI=1S/C13H16BrN5S/c14-10-1-2-12-17-11(9-19(12)8-10)7-16-13(15)18-3-5-20-6-4-18/h1-2,8-9H,3-7H2,(H2,15,16). The summed E-state index contributed by atoms with van der Waals surface area (Å²) in [5.41, 5.74) is 7.89. The van der Waals surface area contributed by atoms with Gasteiger partial charge in [-0.05, 0) is 28.1 Å². The monoisotopic (exact) mass is 353 g/mol. The van der Waals surface area contributed by atoms with Crippen molar-refractivity contribution >= 4 is 39.3 Å². The van der Waals surface area contributed by atoms with Crippen LogP contribution in [0.5, 0.6) is 0 Å². The van der Waals surface area contributed by atoms with E-state index in [4.69, 9.17) is 5.73 Å². The minimum atomic E-state index is 0.523. The first-order chi connectivity index (χ1) is 9.72. The molecule has 0 saturated carbocycles. The second kappa shape index (κ2) is 6.05. The lowest BCUT2D eigenvalue weighted by atomic mass is 10.5. The number of aromatic nitrogens is 2. The Morgan fingerprint density at radius 2 is 2.15 bits per heavy atom. The number of thioether (sulfide) groups is 1. The van der Waals surface area contributed by atoms with Crippen molar-refractivity contribution in [1.29, 1.82) is 0 Å². The van der Waals surface area contributed by atoms with Crippen molar-refractivity contribution in [3.63, 3.8) is 0 Å². The molecule has 0 amide bonds. The number of nitrogens with zero attached hydrogens (tertiary/aromatic N) is 4. The number of aliphatic imine (C=N–C) groups is 1. The molecular formula is C13H16BrN5S. The molecule has 2 aromatic heterocycles. The van der Waals surface area contributed by atoms with Crippen LogP contribution in [0, 0.1) is 0 Å². The van der Waals surface area contributed by atoms with E-state index < -0.39 is 0 Å². The predicted octanol–water partition coefficient (Wildman–Crippen LogP) is 1.96. The normalized spacial score (nSPS) is 16.9. The molecule has 0 aromatic carbocycles. The van der Waals surface area contributed by atoms with E-state index in [9.17, 15) is 0 Å². The number of pyridine rings is 1. The summed E-state index contributed by atoms with van der Waals surface area (Å²) in [6.45, 7) is 2.49. The third-order valence-corrected chi connectivity index (χ3v) is 4.61. The van der Waals surface area contributed by atoms with E-state index in [1.54, 1.807) is 0 Å². The van der Waals surface area contributed by atoms with Gasteiger partial charge in [-0.25, -0.2) is 9.98 Å². The zero-order chi connectivity index (χ0) is 13.9. The van der Waals surface area contributed by atoms with E-state index in [1.165, 1.54) is 0 Å². The summed E-state index contributed by atoms with van der Waals surface area (Å²) >= 11 is 5.41. The summed E-state index contributed by atoms with van der Waals surface area (Å²) in [7, 11) is 0. The van der Waals surface area contributed by atoms with E-state index in [-0.39, 0.29) is 0 Å². The van der Waals surface area contributed by atoms with Crippen molar-refractivity contribution in [2.24, 2.45) is 10.7 Å². The van der Waals surface area contributed by atoms with Crippen LogP contribution in [0.3, 0.4) is 0 Å². The van der Waals surface area contributed by atoms with Gasteiger partial charge in [0, 0.05) is 41.5 Å². The zero-order valence-electron chi connectivity index (χ0n) is 11.0. The number of fused-ring (bicyclic) bond motifs is 1. The van der Waals surface area contributed by atoms with Gasteiger partial charge in [0.25, 0.3) is 0 Å². The van der Waals surface area contributed by atoms with E-state index in [0.29, 0.717) is 12.5 Å². The Labute approximate surface area is 130 Å². The third-order valence-electron chi connectivity index (χ3n) is 3.20. The highest BCUT2D eigenvalue weighted by Crippen LogP contribution is 2.13. The van der Waals surface area contributed by atoms with Crippen LogP contribution in [0.25, 0.3) is 5.65 Å². The first kappa shape index (κ1) is 13.8. The van der Waals surface area contributed by atoms with Crippen molar-refractivity contribution in [3.8, 4) is 0 Å². The lowest BCUT2D eigenvalue weighted by molar-refractivity contribution is 0.455. The molecular weight excluding hydrogens is 338 g/mol. The van der Waals surface area contributed by atoms with Crippen LogP contribution in [0.2, 0.25) is 0 Å². The maximum Gasteiger partial charge on any atom is 0.191 e. The van der Waals surface area contributed by atoms with Gasteiger partial charge < -0.3 is 15.0 Å². The Bertz CT molecular complexity index is 633. The topological polar surface area (TPSA) is 58.9 Å². The van der Waals surface area contributed by atoms with E-state index in [0.717, 1.165) is 40.4 Å². The molecule has 3 rings (SSSR count). The van der Waals surface area contributed by atoms with E-state index in [2.05, 4.69) is 30.8 Å². The molecule has 1 aliphatic rings. The molecule has 1 aliphatic heterocycles. The van der Waals surface area contributed by atoms with Crippen LogP contribution < -0.4 is 5.73 Å². The summed E-state index contributed by atoms with van der Waals surface area (Å²) < 4.78 is 3.02. The zero-order valence-corrected chi connectivity index (χ0v) is 13.4. The molecule has 106 valence electrons. The molecule has 0 radical (unpaired) electrons. The number of hydrogen-bond acceptors (Lipinski definition) is 3. The van der Waals surface area contributed by atoms with Gasteiger partial charge in [-0.3, -0.25) is 0 Å². The number of guanidine groups is 1. The fourth-order valence-electron chi connectivity index (χ4n) is 2.15. The fraction of sp³-hybridized carbons (Fsp3) is 0.385. The second-order valence-corrected chi connectivity index (χ2v) is 6.76. The quantitative estimate of drug-likeness (QED) is 0.662. The molecule has 0 atom stereocenters. The molecule has 2 aromatic rings. The van der Waals surface area contributed by atoms with Crippen LogP contribution in [0.1, 0.15) is 5.69 Å². The fourth-order valence-corrected chi connectivity index (χ4v) is 3.40. The molecule has 0 spiro atoms. The van der Waals surface area contributed by atoms with Crippen molar-refractivity contribution < 1.29 is 0 Å². The van der Waals surface area contributed by atoms with Crippen LogP contribution in [-0.2, 0) is 6.54 Å². The number of nitrogens with two attached hydrogens (primary N) is 1. The Morgan fingerprint density at radius 1 is 1.35 bits per heavy atom. The Balaban J connectivity index is 1.72. The number of rotatable bonds is 2. The summed E-state index contributed by atoms with van der Waals surface area (Å²) in [6.07, 6.45) is 3.98. The molecule has 0 aliphatic carbocycles. The molecule has 5 nitrogen and oxygen atoms in total. The Morgan fingerprint density at radius 3 is 2.95 bits per heavy atom. The van der Waals surface area contributed by atoms with Crippen molar-refractivity contribution in [2.45, 2.75) is 6.54 Å². The number of hydrogen-bond donors (Lipinski definition) is 1. The minimum absolute atomic E-state index is 0.523. The maximum absolute atomic E-state index is 6.04. The lowest BCUT2D eigenvalue weighted by Gasteiger charge is -2.27. The molecule has 0 bridgehead atoms. The van der Waals surface area contributed by atoms with Crippen LogP contribution in [-0.4, -0.2) is 44.8 Å². The van der Waals surface area contributed by atoms with Gasteiger partial charge in [0.15, 0.2) is 5.96 Å². The third kappa shape index (κ3) is 3.09. The van der Waals surface area contributed by atoms with Gasteiger partial charge in [-0.1, -0.05) is 0 Å². The summed E-state index contributed by atoms with van der Waals surface area (Å²) in [5, 5.41) is 0. The van der Waals surface area contributed by atoms with Gasteiger partial charge in [-0.2, -0.15) is 11.8 Å². The summed E-state index contributed by atoms with van der Waals surface area (Å²) in [5.74, 6) is 2.88. The van der Waals surface area contributed by atoms with Gasteiger partial charge in [0.05, 0.1) is 12.2 Å².